The van der Waals surface area contributed by atoms with Gasteiger partial charge in [-0.25, -0.2) is 0 Å². The lowest BCUT2D eigenvalue weighted by atomic mass is 9.71. The highest BCUT2D eigenvalue weighted by molar-refractivity contribution is 5.00. The number of fused-ring (bicyclic) bond motifs is 2. The van der Waals surface area contributed by atoms with Gasteiger partial charge in [-0.1, -0.05) is 6.92 Å². The molecular formula is C13H20O2. The molecule has 2 saturated heterocycles. The van der Waals surface area contributed by atoms with Crippen molar-refractivity contribution in [2.75, 3.05) is 0 Å². The number of epoxide rings is 2. The molecule has 0 aromatic rings. The minimum atomic E-state index is 0.634. The molecular weight excluding hydrogens is 188 g/mol. The number of rotatable bonds is 1. The summed E-state index contributed by atoms with van der Waals surface area (Å²) < 4.78 is 11.3. The highest BCUT2D eigenvalue weighted by Gasteiger charge is 2.52. The fraction of sp³-hybridized carbons (Fsp3) is 1.00. The first kappa shape index (κ1) is 9.00. The molecule has 7 unspecified atom stereocenters. The molecule has 84 valence electrons. The molecule has 2 heteroatoms. The summed E-state index contributed by atoms with van der Waals surface area (Å²) in [7, 11) is 0. The van der Waals surface area contributed by atoms with E-state index in [2.05, 4.69) is 6.92 Å². The van der Waals surface area contributed by atoms with Crippen LogP contribution in [-0.2, 0) is 9.47 Å². The van der Waals surface area contributed by atoms with Crippen LogP contribution in [0.4, 0.5) is 0 Å². The molecule has 0 radical (unpaired) electrons. The lowest BCUT2D eigenvalue weighted by molar-refractivity contribution is 0.192. The zero-order valence-electron chi connectivity index (χ0n) is 9.39. The van der Waals surface area contributed by atoms with E-state index in [0.717, 1.165) is 17.8 Å². The van der Waals surface area contributed by atoms with Gasteiger partial charge in [0, 0.05) is 0 Å². The standard InChI is InChI=1S/C13H20O2/c1-7-4-9(6-12-13(7)15-12)8-2-3-10-11(5-8)14-10/h7-13H,2-6H2,1H3. The van der Waals surface area contributed by atoms with E-state index in [-0.39, 0.29) is 0 Å². The van der Waals surface area contributed by atoms with Crippen molar-refractivity contribution in [3.63, 3.8) is 0 Å². The fourth-order valence-corrected chi connectivity index (χ4v) is 4.10. The van der Waals surface area contributed by atoms with Crippen LogP contribution in [0, 0.1) is 17.8 Å². The van der Waals surface area contributed by atoms with Crippen molar-refractivity contribution in [2.45, 2.75) is 63.4 Å². The fourth-order valence-electron chi connectivity index (χ4n) is 4.10. The summed E-state index contributed by atoms with van der Waals surface area (Å²) in [4.78, 5) is 0. The van der Waals surface area contributed by atoms with Crippen molar-refractivity contribution in [1.82, 2.24) is 0 Å². The van der Waals surface area contributed by atoms with Gasteiger partial charge in [-0.15, -0.1) is 0 Å². The van der Waals surface area contributed by atoms with Gasteiger partial charge >= 0.3 is 0 Å². The summed E-state index contributed by atoms with van der Waals surface area (Å²) in [5.41, 5.74) is 0. The van der Waals surface area contributed by atoms with Crippen LogP contribution >= 0.6 is 0 Å². The second-order valence-electron chi connectivity index (χ2n) is 6.13. The Hall–Kier alpha value is -0.0800. The number of ether oxygens (including phenoxy) is 2. The topological polar surface area (TPSA) is 25.1 Å². The molecule has 2 aliphatic heterocycles. The van der Waals surface area contributed by atoms with Gasteiger partial charge in [0.15, 0.2) is 0 Å². The van der Waals surface area contributed by atoms with Crippen LogP contribution < -0.4 is 0 Å². The highest BCUT2D eigenvalue weighted by Crippen LogP contribution is 2.50. The predicted octanol–water partition coefficient (Wildman–Crippen LogP) is 2.37. The molecule has 0 amide bonds. The Morgan fingerprint density at radius 2 is 1.67 bits per heavy atom. The van der Waals surface area contributed by atoms with Gasteiger partial charge in [-0.05, 0) is 49.9 Å². The van der Waals surface area contributed by atoms with Gasteiger partial charge in [0.05, 0.1) is 24.4 Å². The zero-order chi connectivity index (χ0) is 9.99. The lowest BCUT2D eigenvalue weighted by Gasteiger charge is -2.32. The van der Waals surface area contributed by atoms with Crippen LogP contribution in [0.15, 0.2) is 0 Å². The summed E-state index contributed by atoms with van der Waals surface area (Å²) in [5, 5.41) is 0. The van der Waals surface area contributed by atoms with Gasteiger partial charge in [0.25, 0.3) is 0 Å². The van der Waals surface area contributed by atoms with Crippen molar-refractivity contribution in [3.05, 3.63) is 0 Å². The third-order valence-corrected chi connectivity index (χ3v) is 5.10. The molecule has 4 aliphatic rings. The molecule has 2 aliphatic carbocycles. The molecule has 2 heterocycles. The Morgan fingerprint density at radius 1 is 0.800 bits per heavy atom. The normalized spacial score (nSPS) is 61.8. The lowest BCUT2D eigenvalue weighted by Crippen LogP contribution is -2.29. The second kappa shape index (κ2) is 2.98. The van der Waals surface area contributed by atoms with E-state index in [9.17, 15) is 0 Å². The summed E-state index contributed by atoms with van der Waals surface area (Å²) >= 11 is 0. The molecule has 2 saturated carbocycles. The van der Waals surface area contributed by atoms with E-state index >= 15 is 0 Å². The van der Waals surface area contributed by atoms with Gasteiger partial charge < -0.3 is 9.47 Å². The minimum absolute atomic E-state index is 0.634. The molecule has 2 nitrogen and oxygen atoms in total. The number of hydrogen-bond donors (Lipinski definition) is 0. The Kier molecular flexibility index (Phi) is 1.79. The monoisotopic (exact) mass is 208 g/mol. The molecule has 4 rings (SSSR count). The Bertz CT molecular complexity index is 278. The average Bonchev–Trinajstić information content (AvgIpc) is 3.11. The average molecular weight is 208 g/mol. The van der Waals surface area contributed by atoms with Crippen molar-refractivity contribution in [1.29, 1.82) is 0 Å². The minimum Gasteiger partial charge on any atom is -0.370 e. The van der Waals surface area contributed by atoms with E-state index < -0.39 is 0 Å². The largest absolute Gasteiger partial charge is 0.370 e. The van der Waals surface area contributed by atoms with Crippen LogP contribution in [0.5, 0.6) is 0 Å². The van der Waals surface area contributed by atoms with Crippen molar-refractivity contribution >= 4 is 0 Å². The van der Waals surface area contributed by atoms with Crippen LogP contribution in [0.2, 0.25) is 0 Å². The van der Waals surface area contributed by atoms with E-state index in [1.165, 1.54) is 32.1 Å². The maximum absolute atomic E-state index is 5.72. The summed E-state index contributed by atoms with van der Waals surface area (Å²) in [5.74, 6) is 2.70. The van der Waals surface area contributed by atoms with Crippen molar-refractivity contribution in [3.8, 4) is 0 Å². The Balaban J connectivity index is 1.43. The number of hydrogen-bond acceptors (Lipinski definition) is 2. The first-order valence-electron chi connectivity index (χ1n) is 6.62. The van der Waals surface area contributed by atoms with Crippen LogP contribution in [0.25, 0.3) is 0 Å². The van der Waals surface area contributed by atoms with E-state index in [1.54, 1.807) is 0 Å². The Morgan fingerprint density at radius 3 is 2.47 bits per heavy atom. The highest BCUT2D eigenvalue weighted by atomic mass is 16.6. The molecule has 0 bridgehead atoms. The molecule has 7 atom stereocenters. The quantitative estimate of drug-likeness (QED) is 0.618. The van der Waals surface area contributed by atoms with E-state index in [4.69, 9.17) is 9.47 Å². The van der Waals surface area contributed by atoms with Crippen molar-refractivity contribution < 1.29 is 9.47 Å². The summed E-state index contributed by atoms with van der Waals surface area (Å²) in [6.45, 7) is 2.37. The SMILES string of the molecule is CC1CC(C2CCC3OC3C2)CC2OC12. The smallest absolute Gasteiger partial charge is 0.0867 e. The molecule has 0 N–H and O–H groups in total. The van der Waals surface area contributed by atoms with Crippen LogP contribution in [-0.4, -0.2) is 24.4 Å². The summed E-state index contributed by atoms with van der Waals surface area (Å²) in [6.07, 6.45) is 9.42. The molecule has 15 heavy (non-hydrogen) atoms. The first-order valence-corrected chi connectivity index (χ1v) is 6.62. The van der Waals surface area contributed by atoms with Gasteiger partial charge in [0.1, 0.15) is 0 Å². The second-order valence-corrected chi connectivity index (χ2v) is 6.13. The maximum atomic E-state index is 5.72. The molecule has 0 aromatic heterocycles. The van der Waals surface area contributed by atoms with Gasteiger partial charge in [-0.3, -0.25) is 0 Å². The van der Waals surface area contributed by atoms with Crippen molar-refractivity contribution in [2.24, 2.45) is 17.8 Å². The molecule has 0 spiro atoms. The van der Waals surface area contributed by atoms with Crippen LogP contribution in [0.1, 0.15) is 39.0 Å². The third kappa shape index (κ3) is 1.45. The summed E-state index contributed by atoms with van der Waals surface area (Å²) in [6, 6.07) is 0. The molecule has 4 fully saturated rings. The Labute approximate surface area is 91.3 Å². The predicted molar refractivity (Wildman–Crippen MR) is 56.6 cm³/mol. The van der Waals surface area contributed by atoms with Gasteiger partial charge in [0.2, 0.25) is 0 Å². The van der Waals surface area contributed by atoms with Gasteiger partial charge in [-0.2, -0.15) is 0 Å². The first-order chi connectivity index (χ1) is 7.31. The third-order valence-electron chi connectivity index (χ3n) is 5.10. The van der Waals surface area contributed by atoms with Crippen LogP contribution in [0.3, 0.4) is 0 Å². The van der Waals surface area contributed by atoms with E-state index in [1.807, 2.05) is 0 Å². The zero-order valence-corrected chi connectivity index (χ0v) is 9.39. The van der Waals surface area contributed by atoms with E-state index in [0.29, 0.717) is 24.4 Å². The molecule has 0 aromatic carbocycles. The maximum Gasteiger partial charge on any atom is 0.0867 e.